The van der Waals surface area contributed by atoms with E-state index in [0.717, 1.165) is 11.1 Å². The summed E-state index contributed by atoms with van der Waals surface area (Å²) in [5, 5.41) is 0. The maximum absolute atomic E-state index is 11.9. The third-order valence-corrected chi connectivity index (χ3v) is 3.09. The maximum atomic E-state index is 11.9. The highest BCUT2D eigenvalue weighted by molar-refractivity contribution is 6.00. The summed E-state index contributed by atoms with van der Waals surface area (Å²) in [6.07, 6.45) is 1.56. The standard InChI is InChI=1S/C14H14N2O2/c1-8-5-6-10(13(15)17)12(9(8)2)11-4-3-7-16-14(11)18/h3-7H,1-2H3,(H2,15,17)(H,16,18). The Labute approximate surface area is 104 Å². The highest BCUT2D eigenvalue weighted by Crippen LogP contribution is 2.26. The van der Waals surface area contributed by atoms with Crippen molar-refractivity contribution in [2.24, 2.45) is 5.73 Å². The summed E-state index contributed by atoms with van der Waals surface area (Å²) < 4.78 is 0. The molecular weight excluding hydrogens is 228 g/mol. The van der Waals surface area contributed by atoms with Crippen LogP contribution in [-0.4, -0.2) is 10.9 Å². The maximum Gasteiger partial charge on any atom is 0.255 e. The van der Waals surface area contributed by atoms with Crippen molar-refractivity contribution in [2.45, 2.75) is 13.8 Å². The van der Waals surface area contributed by atoms with Crippen molar-refractivity contribution < 1.29 is 4.79 Å². The number of pyridine rings is 1. The van der Waals surface area contributed by atoms with Gasteiger partial charge < -0.3 is 10.7 Å². The van der Waals surface area contributed by atoms with Gasteiger partial charge in [-0.05, 0) is 43.2 Å². The van der Waals surface area contributed by atoms with Crippen LogP contribution in [0.25, 0.3) is 11.1 Å². The zero-order valence-corrected chi connectivity index (χ0v) is 10.3. The summed E-state index contributed by atoms with van der Waals surface area (Å²) in [6.45, 7) is 3.81. The van der Waals surface area contributed by atoms with Crippen LogP contribution in [0.2, 0.25) is 0 Å². The van der Waals surface area contributed by atoms with E-state index in [2.05, 4.69) is 4.98 Å². The number of rotatable bonds is 2. The second kappa shape index (κ2) is 4.49. The lowest BCUT2D eigenvalue weighted by Gasteiger charge is -2.12. The molecule has 4 nitrogen and oxygen atoms in total. The summed E-state index contributed by atoms with van der Waals surface area (Å²) >= 11 is 0. The first-order chi connectivity index (χ1) is 8.52. The number of H-pyrrole nitrogens is 1. The highest BCUT2D eigenvalue weighted by atomic mass is 16.1. The minimum Gasteiger partial charge on any atom is -0.366 e. The molecule has 0 unspecified atom stereocenters. The molecule has 3 N–H and O–H groups in total. The number of primary amides is 1. The molecule has 0 saturated heterocycles. The van der Waals surface area contributed by atoms with Crippen LogP contribution in [0.5, 0.6) is 0 Å². The van der Waals surface area contributed by atoms with Crippen LogP contribution in [0, 0.1) is 13.8 Å². The number of hydrogen-bond acceptors (Lipinski definition) is 2. The van der Waals surface area contributed by atoms with Gasteiger partial charge in [-0.1, -0.05) is 6.07 Å². The predicted octanol–water partition coefficient (Wildman–Crippen LogP) is 1.76. The molecule has 2 rings (SSSR count). The monoisotopic (exact) mass is 242 g/mol. The zero-order valence-electron chi connectivity index (χ0n) is 10.3. The van der Waals surface area contributed by atoms with Crippen molar-refractivity contribution in [3.05, 3.63) is 57.5 Å². The summed E-state index contributed by atoms with van der Waals surface area (Å²) in [4.78, 5) is 25.9. The van der Waals surface area contributed by atoms with Gasteiger partial charge in [-0.3, -0.25) is 9.59 Å². The predicted molar refractivity (Wildman–Crippen MR) is 70.5 cm³/mol. The van der Waals surface area contributed by atoms with Crippen molar-refractivity contribution in [3.8, 4) is 11.1 Å². The van der Waals surface area contributed by atoms with Gasteiger partial charge in [-0.2, -0.15) is 0 Å². The van der Waals surface area contributed by atoms with Crippen LogP contribution < -0.4 is 11.3 Å². The smallest absolute Gasteiger partial charge is 0.255 e. The van der Waals surface area contributed by atoms with Gasteiger partial charge in [0.05, 0.1) is 0 Å². The molecule has 1 heterocycles. The number of aromatic amines is 1. The van der Waals surface area contributed by atoms with E-state index >= 15 is 0 Å². The number of nitrogens with two attached hydrogens (primary N) is 1. The Morgan fingerprint density at radius 1 is 1.22 bits per heavy atom. The molecule has 18 heavy (non-hydrogen) atoms. The lowest BCUT2D eigenvalue weighted by molar-refractivity contribution is 0.100. The molecule has 0 radical (unpaired) electrons. The normalized spacial score (nSPS) is 10.3. The lowest BCUT2D eigenvalue weighted by atomic mass is 9.92. The van der Waals surface area contributed by atoms with Crippen molar-refractivity contribution in [1.29, 1.82) is 0 Å². The summed E-state index contributed by atoms with van der Waals surface area (Å²) in [6, 6.07) is 6.90. The average Bonchev–Trinajstić information content (AvgIpc) is 2.33. The summed E-state index contributed by atoms with van der Waals surface area (Å²) in [5.41, 5.74) is 8.50. The fraction of sp³-hybridized carbons (Fsp3) is 0.143. The molecule has 0 fully saturated rings. The average molecular weight is 242 g/mol. The number of amides is 1. The van der Waals surface area contributed by atoms with E-state index in [0.29, 0.717) is 16.7 Å². The third-order valence-electron chi connectivity index (χ3n) is 3.09. The third kappa shape index (κ3) is 1.93. The van der Waals surface area contributed by atoms with E-state index in [1.807, 2.05) is 19.9 Å². The van der Waals surface area contributed by atoms with Crippen LogP contribution in [0.3, 0.4) is 0 Å². The van der Waals surface area contributed by atoms with Crippen molar-refractivity contribution in [1.82, 2.24) is 4.98 Å². The molecule has 92 valence electrons. The molecule has 0 bridgehead atoms. The van der Waals surface area contributed by atoms with Gasteiger partial charge in [0.25, 0.3) is 5.56 Å². The first-order valence-corrected chi connectivity index (χ1v) is 5.60. The fourth-order valence-electron chi connectivity index (χ4n) is 1.99. The Kier molecular flexibility index (Phi) is 3.02. The summed E-state index contributed by atoms with van der Waals surface area (Å²) in [7, 11) is 0. The van der Waals surface area contributed by atoms with E-state index in [-0.39, 0.29) is 5.56 Å². The van der Waals surface area contributed by atoms with E-state index in [1.54, 1.807) is 24.4 Å². The van der Waals surface area contributed by atoms with Gasteiger partial charge in [0.15, 0.2) is 0 Å². The molecule has 0 aliphatic rings. The highest BCUT2D eigenvalue weighted by Gasteiger charge is 2.16. The molecular formula is C14H14N2O2. The molecule has 2 aromatic rings. The number of hydrogen-bond donors (Lipinski definition) is 2. The molecule has 0 atom stereocenters. The molecule has 1 aromatic heterocycles. The quantitative estimate of drug-likeness (QED) is 0.841. The van der Waals surface area contributed by atoms with Gasteiger partial charge in [0, 0.05) is 22.9 Å². The van der Waals surface area contributed by atoms with Crippen LogP contribution in [0.15, 0.2) is 35.3 Å². The molecule has 1 aromatic carbocycles. The Morgan fingerprint density at radius 3 is 2.56 bits per heavy atom. The molecule has 0 aliphatic carbocycles. The van der Waals surface area contributed by atoms with Gasteiger partial charge in [0.1, 0.15) is 0 Å². The number of carbonyl (C=O) groups is 1. The second-order valence-corrected chi connectivity index (χ2v) is 4.21. The largest absolute Gasteiger partial charge is 0.366 e. The summed E-state index contributed by atoms with van der Waals surface area (Å²) in [5.74, 6) is -0.531. The van der Waals surface area contributed by atoms with E-state index in [4.69, 9.17) is 5.73 Å². The Balaban J connectivity index is 2.85. The first kappa shape index (κ1) is 12.1. The van der Waals surface area contributed by atoms with Crippen molar-refractivity contribution in [2.75, 3.05) is 0 Å². The number of nitrogens with one attached hydrogen (secondary N) is 1. The molecule has 0 aliphatic heterocycles. The van der Waals surface area contributed by atoms with Crippen LogP contribution in [0.1, 0.15) is 21.5 Å². The number of aryl methyl sites for hydroxylation is 1. The zero-order chi connectivity index (χ0) is 13.3. The van der Waals surface area contributed by atoms with Crippen molar-refractivity contribution in [3.63, 3.8) is 0 Å². The Morgan fingerprint density at radius 2 is 1.94 bits per heavy atom. The van der Waals surface area contributed by atoms with E-state index in [1.165, 1.54) is 0 Å². The SMILES string of the molecule is Cc1ccc(C(N)=O)c(-c2ccc[nH]c2=O)c1C. The topological polar surface area (TPSA) is 76.0 Å². The van der Waals surface area contributed by atoms with E-state index < -0.39 is 5.91 Å². The van der Waals surface area contributed by atoms with E-state index in [9.17, 15) is 9.59 Å². The molecule has 4 heteroatoms. The van der Waals surface area contributed by atoms with Crippen LogP contribution >= 0.6 is 0 Å². The minimum atomic E-state index is -0.531. The Bertz CT molecular complexity index is 672. The van der Waals surface area contributed by atoms with Gasteiger partial charge in [-0.15, -0.1) is 0 Å². The fourth-order valence-corrected chi connectivity index (χ4v) is 1.99. The first-order valence-electron chi connectivity index (χ1n) is 5.60. The van der Waals surface area contributed by atoms with Crippen LogP contribution in [0.4, 0.5) is 0 Å². The minimum absolute atomic E-state index is 0.228. The molecule has 0 saturated carbocycles. The number of aromatic nitrogens is 1. The Hall–Kier alpha value is -2.36. The van der Waals surface area contributed by atoms with Crippen LogP contribution in [-0.2, 0) is 0 Å². The number of carbonyl (C=O) groups excluding carboxylic acids is 1. The lowest BCUT2D eigenvalue weighted by Crippen LogP contribution is -2.16. The molecule has 1 amide bonds. The molecule has 0 spiro atoms. The van der Waals surface area contributed by atoms with Crippen molar-refractivity contribution >= 4 is 5.91 Å². The number of benzene rings is 1. The van der Waals surface area contributed by atoms with Gasteiger partial charge in [-0.25, -0.2) is 0 Å². The van der Waals surface area contributed by atoms with Gasteiger partial charge >= 0.3 is 0 Å². The van der Waals surface area contributed by atoms with Gasteiger partial charge in [0.2, 0.25) is 5.91 Å². The second-order valence-electron chi connectivity index (χ2n) is 4.21.